The van der Waals surface area contributed by atoms with Crippen LogP contribution in [-0.2, 0) is 12.8 Å². The molecule has 0 aliphatic carbocycles. The molecule has 192 valence electrons. The first-order valence-electron chi connectivity index (χ1n) is 11.6. The van der Waals surface area contributed by atoms with Crippen LogP contribution in [0.3, 0.4) is 0 Å². The van der Waals surface area contributed by atoms with Gasteiger partial charge in [0.2, 0.25) is 5.95 Å². The van der Waals surface area contributed by atoms with Crippen LogP contribution >= 0.6 is 0 Å². The van der Waals surface area contributed by atoms with Gasteiger partial charge < -0.3 is 20.1 Å². The van der Waals surface area contributed by atoms with Crippen LogP contribution in [-0.4, -0.2) is 55.0 Å². The molecule has 2 aromatic heterocycles. The van der Waals surface area contributed by atoms with Gasteiger partial charge in [0.25, 0.3) is 0 Å². The molecule has 0 spiro atoms. The fraction of sp³-hybridized carbons (Fsp3) is 0.280. The van der Waals surface area contributed by atoms with Gasteiger partial charge >= 0.3 is 12.3 Å². The van der Waals surface area contributed by atoms with Crippen molar-refractivity contribution in [3.05, 3.63) is 71.9 Å². The number of nitrogens with one attached hydrogen (secondary N) is 1. The summed E-state index contributed by atoms with van der Waals surface area (Å²) in [7, 11) is 0. The van der Waals surface area contributed by atoms with E-state index in [1.165, 1.54) is 21.7 Å². The number of ether oxygens (including phenoxy) is 1. The summed E-state index contributed by atoms with van der Waals surface area (Å²) >= 11 is 0. The molecule has 4 aromatic rings. The average molecular weight is 512 g/mol. The maximum atomic E-state index is 13.5. The first-order chi connectivity index (χ1) is 17.8. The van der Waals surface area contributed by atoms with Crippen LogP contribution in [0.2, 0.25) is 0 Å². The monoisotopic (exact) mass is 512 g/mol. The van der Waals surface area contributed by atoms with E-state index in [0.717, 1.165) is 24.1 Å². The number of hydrogen-bond donors (Lipinski definition) is 2. The molecular weight excluding hydrogens is 489 g/mol. The van der Waals surface area contributed by atoms with E-state index < -0.39 is 17.8 Å². The summed E-state index contributed by atoms with van der Waals surface area (Å²) in [6.45, 7) is 0.826. The molecule has 1 fully saturated rings. The van der Waals surface area contributed by atoms with Gasteiger partial charge in [-0.1, -0.05) is 30.3 Å². The van der Waals surface area contributed by atoms with Crippen LogP contribution in [0.5, 0.6) is 5.75 Å². The third-order valence-corrected chi connectivity index (χ3v) is 6.16. The predicted octanol–water partition coefficient (Wildman–Crippen LogP) is 4.94. The normalized spacial score (nSPS) is 16.1. The van der Waals surface area contributed by atoms with Crippen molar-refractivity contribution < 1.29 is 27.8 Å². The Hall–Kier alpha value is -4.35. The highest BCUT2D eigenvalue weighted by Gasteiger charge is 2.32. The van der Waals surface area contributed by atoms with E-state index in [9.17, 15) is 23.1 Å². The van der Waals surface area contributed by atoms with Crippen LogP contribution in [0.25, 0.3) is 16.8 Å². The highest BCUT2D eigenvalue weighted by molar-refractivity contribution is 5.81. The Morgan fingerprint density at radius 3 is 2.70 bits per heavy atom. The zero-order chi connectivity index (χ0) is 26.0. The number of alkyl halides is 3. The molecule has 2 aromatic carbocycles. The Balaban J connectivity index is 1.49. The van der Waals surface area contributed by atoms with E-state index in [1.807, 2.05) is 30.3 Å². The summed E-state index contributed by atoms with van der Waals surface area (Å²) in [6, 6.07) is 13.9. The Morgan fingerprint density at radius 1 is 1.14 bits per heavy atom. The third-order valence-electron chi connectivity index (χ3n) is 6.16. The molecule has 0 bridgehead atoms. The molecule has 1 amide bonds. The predicted molar refractivity (Wildman–Crippen MR) is 128 cm³/mol. The number of piperidine rings is 1. The maximum absolute atomic E-state index is 13.5. The summed E-state index contributed by atoms with van der Waals surface area (Å²) in [5.74, 6) is 0.320. The number of benzene rings is 2. The molecular formula is C25H23F3N6O3. The van der Waals surface area contributed by atoms with Crippen LogP contribution in [0, 0.1) is 0 Å². The van der Waals surface area contributed by atoms with Gasteiger partial charge in [0, 0.05) is 24.7 Å². The number of hydrogen-bond acceptors (Lipinski definition) is 6. The van der Waals surface area contributed by atoms with E-state index >= 15 is 0 Å². The molecule has 37 heavy (non-hydrogen) atoms. The Labute approximate surface area is 209 Å². The van der Waals surface area contributed by atoms with Crippen LogP contribution in [0.1, 0.15) is 24.0 Å². The summed E-state index contributed by atoms with van der Waals surface area (Å²) in [6.07, 6.45) is -2.55. The first kappa shape index (κ1) is 24.3. The van der Waals surface area contributed by atoms with Gasteiger partial charge in [0.15, 0.2) is 0 Å². The number of anilines is 1. The molecule has 5 rings (SSSR count). The van der Waals surface area contributed by atoms with Crippen molar-refractivity contribution in [3.8, 4) is 17.0 Å². The Kier molecular flexibility index (Phi) is 6.55. The number of nitrogens with zero attached hydrogens (tertiary/aromatic N) is 5. The molecule has 0 saturated carbocycles. The SMILES string of the molecule is O=C(O)N1CCCC(Nc2nnc(-c3ccc(C(F)(F)F)cc3OCc3ccccc3)c3ccnn23)C1. The smallest absolute Gasteiger partial charge is 0.416 e. The number of rotatable bonds is 6. The minimum Gasteiger partial charge on any atom is -0.488 e. The zero-order valence-electron chi connectivity index (χ0n) is 19.5. The van der Waals surface area contributed by atoms with Crippen molar-refractivity contribution in [2.75, 3.05) is 18.4 Å². The van der Waals surface area contributed by atoms with Crippen molar-refractivity contribution in [2.24, 2.45) is 0 Å². The van der Waals surface area contributed by atoms with E-state index in [2.05, 4.69) is 20.6 Å². The molecule has 12 heteroatoms. The standard InChI is InChI=1S/C25H23F3N6O3/c26-25(27,28)17-8-9-19(21(13-17)37-15-16-5-2-1-3-6-16)22-20-10-11-29-34(20)23(32-31-22)30-18-7-4-12-33(14-18)24(35)36/h1-3,5-6,8-11,13,18H,4,7,12,14-15H2,(H,30,32)(H,35,36). The number of halogens is 3. The molecule has 1 aliphatic heterocycles. The lowest BCUT2D eigenvalue weighted by Gasteiger charge is -2.31. The number of likely N-dealkylation sites (tertiary alicyclic amines) is 1. The molecule has 1 unspecified atom stereocenters. The lowest BCUT2D eigenvalue weighted by molar-refractivity contribution is -0.137. The lowest BCUT2D eigenvalue weighted by Crippen LogP contribution is -2.44. The van der Waals surface area contributed by atoms with E-state index in [-0.39, 0.29) is 24.9 Å². The van der Waals surface area contributed by atoms with Crippen molar-refractivity contribution >= 4 is 17.6 Å². The largest absolute Gasteiger partial charge is 0.488 e. The molecule has 1 saturated heterocycles. The Morgan fingerprint density at radius 2 is 1.95 bits per heavy atom. The average Bonchev–Trinajstić information content (AvgIpc) is 3.39. The number of carboxylic acid groups (broad SMARTS) is 1. The van der Waals surface area contributed by atoms with E-state index in [4.69, 9.17) is 4.74 Å². The van der Waals surface area contributed by atoms with E-state index in [0.29, 0.717) is 35.7 Å². The van der Waals surface area contributed by atoms with Crippen LogP contribution < -0.4 is 10.1 Å². The van der Waals surface area contributed by atoms with E-state index in [1.54, 1.807) is 6.07 Å². The fourth-order valence-corrected chi connectivity index (χ4v) is 4.32. The third kappa shape index (κ3) is 5.27. The molecule has 1 aliphatic rings. The highest BCUT2D eigenvalue weighted by Crippen LogP contribution is 2.38. The van der Waals surface area contributed by atoms with Gasteiger partial charge in [-0.25, -0.2) is 4.79 Å². The maximum Gasteiger partial charge on any atom is 0.416 e. The van der Waals surface area contributed by atoms with Crippen LogP contribution in [0.15, 0.2) is 60.8 Å². The second-order valence-corrected chi connectivity index (χ2v) is 8.70. The molecule has 9 nitrogen and oxygen atoms in total. The van der Waals surface area contributed by atoms with Gasteiger partial charge in [-0.15, -0.1) is 10.2 Å². The van der Waals surface area contributed by atoms with Gasteiger partial charge in [0.05, 0.1) is 17.3 Å². The second kappa shape index (κ2) is 9.96. The fourth-order valence-electron chi connectivity index (χ4n) is 4.32. The summed E-state index contributed by atoms with van der Waals surface area (Å²) in [5.41, 5.74) is 1.11. The summed E-state index contributed by atoms with van der Waals surface area (Å²) in [5, 5.41) is 25.4. The van der Waals surface area contributed by atoms with Crippen LogP contribution in [0.4, 0.5) is 23.9 Å². The van der Waals surface area contributed by atoms with Gasteiger partial charge in [-0.2, -0.15) is 22.8 Å². The topological polar surface area (TPSA) is 105 Å². The Bertz CT molecular complexity index is 1410. The number of amides is 1. The van der Waals surface area contributed by atoms with Gasteiger partial charge in [-0.3, -0.25) is 0 Å². The molecule has 0 radical (unpaired) electrons. The van der Waals surface area contributed by atoms with Crippen molar-refractivity contribution in [1.82, 2.24) is 24.7 Å². The second-order valence-electron chi connectivity index (χ2n) is 8.70. The number of carbonyl (C=O) groups is 1. The van der Waals surface area contributed by atoms with Crippen molar-refractivity contribution in [1.29, 1.82) is 0 Å². The highest BCUT2D eigenvalue weighted by atomic mass is 19.4. The number of fused-ring (bicyclic) bond motifs is 1. The summed E-state index contributed by atoms with van der Waals surface area (Å²) in [4.78, 5) is 12.7. The van der Waals surface area contributed by atoms with Crippen molar-refractivity contribution in [3.63, 3.8) is 0 Å². The minimum atomic E-state index is -4.54. The minimum absolute atomic E-state index is 0.0150. The number of aromatic nitrogens is 4. The summed E-state index contributed by atoms with van der Waals surface area (Å²) < 4.78 is 47.8. The lowest BCUT2D eigenvalue weighted by atomic mass is 10.1. The first-order valence-corrected chi connectivity index (χ1v) is 11.6. The van der Waals surface area contributed by atoms with Crippen molar-refractivity contribution in [2.45, 2.75) is 31.7 Å². The molecule has 1 atom stereocenters. The molecule has 3 heterocycles. The molecule has 2 N–H and O–H groups in total. The quantitative estimate of drug-likeness (QED) is 0.377. The van der Waals surface area contributed by atoms with Gasteiger partial charge in [0.1, 0.15) is 18.1 Å². The van der Waals surface area contributed by atoms with Gasteiger partial charge in [-0.05, 0) is 42.7 Å². The zero-order valence-corrected chi connectivity index (χ0v) is 19.5.